The van der Waals surface area contributed by atoms with Crippen LogP contribution in [0.15, 0.2) is 55.1 Å². The fourth-order valence-electron chi connectivity index (χ4n) is 6.92. The van der Waals surface area contributed by atoms with Gasteiger partial charge in [-0.2, -0.15) is 4.80 Å². The van der Waals surface area contributed by atoms with Crippen molar-refractivity contribution >= 4 is 44.6 Å². The van der Waals surface area contributed by atoms with Gasteiger partial charge >= 0.3 is 6.09 Å². The van der Waals surface area contributed by atoms with Crippen LogP contribution in [-0.4, -0.2) is 92.9 Å². The van der Waals surface area contributed by atoms with E-state index in [4.69, 9.17) is 4.74 Å². The average molecular weight is 733 g/mol. The highest BCUT2D eigenvalue weighted by molar-refractivity contribution is 7.91. The molecule has 276 valence electrons. The summed E-state index contributed by atoms with van der Waals surface area (Å²) in [6.07, 6.45) is 4.19. The smallest absolute Gasteiger partial charge is 0.408 e. The van der Waals surface area contributed by atoms with Crippen LogP contribution in [0.25, 0.3) is 22.2 Å². The van der Waals surface area contributed by atoms with E-state index >= 15 is 0 Å². The molecule has 1 saturated heterocycles. The second kappa shape index (κ2) is 13.3. The molecule has 4 fully saturated rings. The predicted octanol–water partition coefficient (Wildman–Crippen LogP) is 3.00. The Labute approximate surface area is 301 Å². The first-order valence-electron chi connectivity index (χ1n) is 17.8. The quantitative estimate of drug-likeness (QED) is 0.247. The number of alkyl carbamates (subject to hydrolysis) is 1. The zero-order valence-corrected chi connectivity index (χ0v) is 30.3. The molecule has 7 rings (SSSR count). The van der Waals surface area contributed by atoms with Crippen LogP contribution in [0.3, 0.4) is 0 Å². The van der Waals surface area contributed by atoms with E-state index in [1.165, 1.54) is 15.8 Å². The molecular formula is C36H44N8O7S. The molecule has 4 aliphatic rings. The van der Waals surface area contributed by atoms with Crippen LogP contribution in [0.1, 0.15) is 71.8 Å². The lowest BCUT2D eigenvalue weighted by Crippen LogP contribution is -2.60. The normalized spacial score (nSPS) is 25.1. The van der Waals surface area contributed by atoms with E-state index in [1.54, 1.807) is 20.8 Å². The topological polar surface area (TPSA) is 195 Å². The average Bonchev–Trinajstić information content (AvgIpc) is 3.96. The first-order valence-corrected chi connectivity index (χ1v) is 19.3. The molecule has 16 heteroatoms. The zero-order chi connectivity index (χ0) is 37.0. The molecule has 15 nitrogen and oxygen atoms in total. The van der Waals surface area contributed by atoms with E-state index < -0.39 is 74.1 Å². The summed E-state index contributed by atoms with van der Waals surface area (Å²) in [4.78, 5) is 57.9. The van der Waals surface area contributed by atoms with Gasteiger partial charge in [-0.1, -0.05) is 63.2 Å². The van der Waals surface area contributed by atoms with E-state index in [1.807, 2.05) is 42.5 Å². The van der Waals surface area contributed by atoms with Gasteiger partial charge in [0.25, 0.3) is 5.91 Å². The van der Waals surface area contributed by atoms with Crippen molar-refractivity contribution in [3.05, 3.63) is 55.1 Å². The zero-order valence-electron chi connectivity index (χ0n) is 29.4. The van der Waals surface area contributed by atoms with Crippen molar-refractivity contribution in [3.8, 4) is 11.4 Å². The molecule has 2 heterocycles. The number of carbonyl (C=O) groups excluding carboxylic acids is 4. The summed E-state index contributed by atoms with van der Waals surface area (Å²) >= 11 is 0. The summed E-state index contributed by atoms with van der Waals surface area (Å²) in [5.74, 6) is -2.17. The summed E-state index contributed by atoms with van der Waals surface area (Å²) in [5.41, 5.74) is -1.59. The second-order valence-electron chi connectivity index (χ2n) is 15.5. The highest BCUT2D eigenvalue weighted by Gasteiger charge is 2.62. The molecular weight excluding hydrogens is 689 g/mol. The Morgan fingerprint density at radius 2 is 1.79 bits per heavy atom. The third-order valence-corrected chi connectivity index (χ3v) is 12.4. The number of likely N-dealkylation sites (tertiary alicyclic amines) is 1. The van der Waals surface area contributed by atoms with Crippen LogP contribution in [0.2, 0.25) is 0 Å². The molecule has 0 unspecified atom stereocenters. The molecule has 3 aliphatic carbocycles. The van der Waals surface area contributed by atoms with Crippen molar-refractivity contribution in [2.24, 2.45) is 11.3 Å². The van der Waals surface area contributed by atoms with Gasteiger partial charge < -0.3 is 20.3 Å². The van der Waals surface area contributed by atoms with Crippen LogP contribution < -0.4 is 15.4 Å². The Bertz CT molecular complexity index is 2040. The third-order valence-electron chi connectivity index (χ3n) is 10.6. The number of benzene rings is 2. The Morgan fingerprint density at radius 1 is 1.06 bits per heavy atom. The minimum atomic E-state index is -3.89. The molecule has 5 atom stereocenters. The first-order chi connectivity index (χ1) is 24.7. The number of nitrogens with one attached hydrogen (secondary N) is 3. The van der Waals surface area contributed by atoms with Gasteiger partial charge in [-0.25, -0.2) is 13.2 Å². The molecule has 3 aromatic rings. The molecule has 0 spiro atoms. The molecule has 52 heavy (non-hydrogen) atoms. The number of aromatic nitrogens is 4. The summed E-state index contributed by atoms with van der Waals surface area (Å²) < 4.78 is 33.0. The van der Waals surface area contributed by atoms with E-state index in [2.05, 4.69) is 37.3 Å². The molecule has 3 saturated carbocycles. The van der Waals surface area contributed by atoms with Crippen molar-refractivity contribution in [2.45, 2.75) is 101 Å². The lowest BCUT2D eigenvalue weighted by atomic mass is 9.85. The van der Waals surface area contributed by atoms with Gasteiger partial charge in [0.05, 0.1) is 11.3 Å². The van der Waals surface area contributed by atoms with Gasteiger partial charge in [0.15, 0.2) is 0 Å². The number of hydrogen-bond acceptors (Lipinski definition) is 10. The van der Waals surface area contributed by atoms with Crippen molar-refractivity contribution in [3.63, 3.8) is 0 Å². The van der Waals surface area contributed by atoms with Crippen LogP contribution >= 0.6 is 0 Å². The molecule has 4 amide bonds. The number of tetrazole rings is 1. The fourth-order valence-corrected chi connectivity index (χ4v) is 8.29. The second-order valence-corrected chi connectivity index (χ2v) is 17.4. The van der Waals surface area contributed by atoms with Gasteiger partial charge in [-0.05, 0) is 66.0 Å². The molecule has 0 radical (unpaired) electrons. The van der Waals surface area contributed by atoms with Gasteiger partial charge in [0, 0.05) is 24.4 Å². The Morgan fingerprint density at radius 3 is 2.42 bits per heavy atom. The first kappa shape index (κ1) is 35.5. The molecule has 1 aromatic heterocycles. The number of nitrogens with zero attached hydrogens (tertiary/aromatic N) is 5. The number of sulfonamides is 1. The van der Waals surface area contributed by atoms with Crippen LogP contribution in [0, 0.1) is 11.3 Å². The number of carbonyl (C=O) groups is 4. The standard InChI is InChI=1S/C36H44N8O7S/c1-5-24-19-36(24,33(47)41-52(49,50)27-15-16-27)38-31(45)28-18-25(44-40-30(39-42-44)23-14-13-21-9-6-7-10-22(21)17-23)20-43(28)32(46)29(35(2,3)4)37-34(48)51-26-11-8-12-26/h5-7,9-10,13-14,17,24-29H,1,8,11-12,15-16,18-20H2,2-4H3,(H,37,48)(H,38,45)(H,41,47)/t24-,25-,28+,29-,36-/m1/s1. The maximum atomic E-state index is 14.5. The molecule has 1 aliphatic heterocycles. The minimum absolute atomic E-state index is 0.00346. The van der Waals surface area contributed by atoms with E-state index in [-0.39, 0.29) is 25.5 Å². The highest BCUT2D eigenvalue weighted by atomic mass is 32.2. The van der Waals surface area contributed by atoms with E-state index in [0.29, 0.717) is 18.7 Å². The van der Waals surface area contributed by atoms with Gasteiger partial charge in [-0.15, -0.1) is 16.8 Å². The van der Waals surface area contributed by atoms with E-state index in [0.717, 1.165) is 35.6 Å². The Kier molecular flexibility index (Phi) is 9.08. The summed E-state index contributed by atoms with van der Waals surface area (Å²) in [6.45, 7) is 9.17. The fraction of sp³-hybridized carbons (Fsp3) is 0.528. The monoisotopic (exact) mass is 732 g/mol. The Balaban J connectivity index is 1.16. The van der Waals surface area contributed by atoms with E-state index in [9.17, 15) is 27.6 Å². The van der Waals surface area contributed by atoms with Crippen LogP contribution in [0.5, 0.6) is 0 Å². The van der Waals surface area contributed by atoms with Crippen LogP contribution in [-0.2, 0) is 29.1 Å². The molecule has 3 N–H and O–H groups in total. The van der Waals surface area contributed by atoms with Crippen molar-refractivity contribution in [2.75, 3.05) is 6.54 Å². The number of rotatable bonds is 11. The summed E-state index contributed by atoms with van der Waals surface area (Å²) in [7, 11) is -3.89. The van der Waals surface area contributed by atoms with Gasteiger partial charge in [0.2, 0.25) is 27.7 Å². The largest absolute Gasteiger partial charge is 0.446 e. The van der Waals surface area contributed by atoms with Crippen LogP contribution in [0.4, 0.5) is 4.79 Å². The Hall–Kier alpha value is -4.86. The van der Waals surface area contributed by atoms with Crippen molar-refractivity contribution < 1.29 is 32.3 Å². The lowest BCUT2D eigenvalue weighted by molar-refractivity contribution is -0.142. The van der Waals surface area contributed by atoms with Gasteiger partial charge in [-0.3, -0.25) is 19.1 Å². The molecule has 0 bridgehead atoms. The van der Waals surface area contributed by atoms with Gasteiger partial charge in [0.1, 0.15) is 23.7 Å². The minimum Gasteiger partial charge on any atom is -0.446 e. The SMILES string of the molecule is C=C[C@@H]1C[C@]1(NC(=O)[C@@H]1C[C@@H](n2nnc(-c3ccc4ccccc4c3)n2)CN1C(=O)[C@@H](NC(=O)OC1CCC1)C(C)(C)C)C(=O)NS(=O)(=O)C1CC1. The van der Waals surface area contributed by atoms with Crippen molar-refractivity contribution in [1.82, 2.24) is 40.5 Å². The maximum absolute atomic E-state index is 14.5. The third kappa shape index (κ3) is 6.99. The highest BCUT2D eigenvalue weighted by Crippen LogP contribution is 2.46. The number of fused-ring (bicyclic) bond motifs is 1. The summed E-state index contributed by atoms with van der Waals surface area (Å²) in [5, 5.41) is 20.2. The molecule has 2 aromatic carbocycles. The number of hydrogen-bond donors (Lipinski definition) is 3. The lowest BCUT2D eigenvalue weighted by Gasteiger charge is -2.36. The van der Waals surface area contributed by atoms with Crippen molar-refractivity contribution in [1.29, 1.82) is 0 Å². The maximum Gasteiger partial charge on any atom is 0.408 e. The number of ether oxygens (including phenoxy) is 1. The predicted molar refractivity (Wildman–Crippen MR) is 190 cm³/mol. The number of amides is 4. The summed E-state index contributed by atoms with van der Waals surface area (Å²) in [6, 6.07) is 10.9.